The van der Waals surface area contributed by atoms with Crippen molar-refractivity contribution in [2.75, 3.05) is 24.6 Å². The molecule has 0 aromatic heterocycles. The van der Waals surface area contributed by atoms with Crippen LogP contribution in [-0.4, -0.2) is 36.4 Å². The Morgan fingerprint density at radius 1 is 1.40 bits per heavy atom. The number of amides is 2. The lowest BCUT2D eigenvalue weighted by atomic mass is 10.4. The van der Waals surface area contributed by atoms with Crippen LogP contribution in [-0.2, 0) is 9.59 Å². The van der Waals surface area contributed by atoms with Crippen LogP contribution in [0.15, 0.2) is 5.18 Å². The van der Waals surface area contributed by atoms with E-state index in [2.05, 4.69) is 10.5 Å². The Kier molecular flexibility index (Phi) is 8.99. The van der Waals surface area contributed by atoms with E-state index in [4.69, 9.17) is 5.73 Å². The molecule has 0 aromatic rings. The van der Waals surface area contributed by atoms with Crippen molar-refractivity contribution < 1.29 is 9.59 Å². The van der Waals surface area contributed by atoms with Crippen LogP contribution >= 0.6 is 11.8 Å². The minimum atomic E-state index is -0.675. The van der Waals surface area contributed by atoms with Gasteiger partial charge < -0.3 is 11.1 Å². The first-order valence-corrected chi connectivity index (χ1v) is 5.77. The van der Waals surface area contributed by atoms with E-state index >= 15 is 0 Å². The summed E-state index contributed by atoms with van der Waals surface area (Å²) < 4.78 is 0. The number of thioether (sulfide) groups is 1. The zero-order valence-corrected chi connectivity index (χ0v) is 9.22. The van der Waals surface area contributed by atoms with Gasteiger partial charge in [0.15, 0.2) is 0 Å². The molecule has 0 atom stereocenters. The first-order valence-electron chi connectivity index (χ1n) is 4.61. The van der Waals surface area contributed by atoms with Crippen LogP contribution in [0, 0.1) is 4.91 Å². The Bertz CT molecular complexity index is 223. The van der Waals surface area contributed by atoms with Crippen LogP contribution in [0.1, 0.15) is 12.8 Å². The van der Waals surface area contributed by atoms with Crippen LogP contribution < -0.4 is 11.1 Å². The SMILES string of the molecule is NCCCNC(=O)CSCCC(=O)N=O. The fourth-order valence-electron chi connectivity index (χ4n) is 0.751. The Morgan fingerprint density at radius 3 is 2.73 bits per heavy atom. The van der Waals surface area contributed by atoms with Crippen LogP contribution in [0.2, 0.25) is 0 Å². The van der Waals surface area contributed by atoms with Gasteiger partial charge in [-0.3, -0.25) is 9.59 Å². The molecule has 2 amide bonds. The fourth-order valence-corrected chi connectivity index (χ4v) is 1.50. The molecule has 0 saturated heterocycles. The van der Waals surface area contributed by atoms with Crippen molar-refractivity contribution >= 4 is 23.6 Å². The molecule has 0 rings (SSSR count). The first-order chi connectivity index (χ1) is 7.20. The standard InChI is InChI=1S/C8H15N3O3S/c9-3-1-4-10-8(13)6-15-5-2-7(12)11-14/h1-6,9H2,(H,10,13). The highest BCUT2D eigenvalue weighted by atomic mass is 32.2. The second kappa shape index (κ2) is 9.60. The molecule has 0 aliphatic carbocycles. The quantitative estimate of drug-likeness (QED) is 0.449. The van der Waals surface area contributed by atoms with Crippen molar-refractivity contribution in [1.29, 1.82) is 0 Å². The third-order valence-corrected chi connectivity index (χ3v) is 2.46. The zero-order valence-electron chi connectivity index (χ0n) is 8.40. The predicted octanol–water partition coefficient (Wildman–Crippen LogP) is -0.132. The van der Waals surface area contributed by atoms with E-state index in [0.717, 1.165) is 6.42 Å². The molecule has 86 valence electrons. The van der Waals surface area contributed by atoms with E-state index in [-0.39, 0.29) is 18.1 Å². The second-order valence-electron chi connectivity index (χ2n) is 2.78. The Morgan fingerprint density at radius 2 is 2.13 bits per heavy atom. The Balaban J connectivity index is 3.31. The number of rotatable bonds is 8. The molecule has 0 heterocycles. The zero-order chi connectivity index (χ0) is 11.5. The van der Waals surface area contributed by atoms with Gasteiger partial charge in [0, 0.05) is 23.9 Å². The van der Waals surface area contributed by atoms with Crippen molar-refractivity contribution in [2.45, 2.75) is 12.8 Å². The predicted molar refractivity (Wildman–Crippen MR) is 59.4 cm³/mol. The molecule has 0 unspecified atom stereocenters. The summed E-state index contributed by atoms with van der Waals surface area (Å²) in [6, 6.07) is 0. The summed E-state index contributed by atoms with van der Waals surface area (Å²) in [4.78, 5) is 31.3. The van der Waals surface area contributed by atoms with Crippen LogP contribution in [0.5, 0.6) is 0 Å². The molecule has 0 bridgehead atoms. The summed E-state index contributed by atoms with van der Waals surface area (Å²) in [5, 5.41) is 4.92. The van der Waals surface area contributed by atoms with Crippen LogP contribution in [0.25, 0.3) is 0 Å². The van der Waals surface area contributed by atoms with Gasteiger partial charge in [-0.05, 0) is 13.0 Å². The molecule has 0 aliphatic heterocycles. The highest BCUT2D eigenvalue weighted by Gasteiger charge is 2.03. The maximum absolute atomic E-state index is 11.1. The van der Waals surface area contributed by atoms with E-state index < -0.39 is 5.91 Å². The van der Waals surface area contributed by atoms with Crippen molar-refractivity contribution in [1.82, 2.24) is 5.32 Å². The fraction of sp³-hybridized carbons (Fsp3) is 0.750. The minimum Gasteiger partial charge on any atom is -0.355 e. The van der Waals surface area contributed by atoms with E-state index in [1.165, 1.54) is 11.8 Å². The van der Waals surface area contributed by atoms with Gasteiger partial charge in [0.05, 0.1) is 5.75 Å². The van der Waals surface area contributed by atoms with Crippen molar-refractivity contribution in [3.8, 4) is 0 Å². The third kappa shape index (κ3) is 9.36. The van der Waals surface area contributed by atoms with Gasteiger partial charge in [-0.15, -0.1) is 4.91 Å². The summed E-state index contributed by atoms with van der Waals surface area (Å²) in [7, 11) is 0. The highest BCUT2D eigenvalue weighted by molar-refractivity contribution is 7.99. The van der Waals surface area contributed by atoms with Gasteiger partial charge in [-0.25, -0.2) is 0 Å². The van der Waals surface area contributed by atoms with Gasteiger partial charge in [-0.2, -0.15) is 11.8 Å². The summed E-state index contributed by atoms with van der Waals surface area (Å²) in [5.74, 6) is -0.0306. The smallest absolute Gasteiger partial charge is 0.287 e. The highest BCUT2D eigenvalue weighted by Crippen LogP contribution is 2.02. The lowest BCUT2D eigenvalue weighted by Crippen LogP contribution is -2.27. The molecular formula is C8H15N3O3S. The number of hydrogen-bond donors (Lipinski definition) is 2. The molecule has 0 aliphatic rings. The molecule has 0 radical (unpaired) electrons. The molecule has 0 saturated carbocycles. The average molecular weight is 233 g/mol. The number of nitrogens with two attached hydrogens (primary N) is 1. The monoisotopic (exact) mass is 233 g/mol. The van der Waals surface area contributed by atoms with Gasteiger partial charge in [0.25, 0.3) is 5.91 Å². The van der Waals surface area contributed by atoms with E-state index in [0.29, 0.717) is 18.8 Å². The Labute approximate surface area is 92.3 Å². The topological polar surface area (TPSA) is 102 Å². The van der Waals surface area contributed by atoms with Gasteiger partial charge >= 0.3 is 0 Å². The lowest BCUT2D eigenvalue weighted by Gasteiger charge is -2.02. The second-order valence-corrected chi connectivity index (χ2v) is 3.88. The van der Waals surface area contributed by atoms with Gasteiger partial charge in [-0.1, -0.05) is 0 Å². The molecule has 15 heavy (non-hydrogen) atoms. The third-order valence-electron chi connectivity index (χ3n) is 1.50. The molecule has 0 fully saturated rings. The normalized spacial score (nSPS) is 9.67. The van der Waals surface area contributed by atoms with Crippen LogP contribution in [0.4, 0.5) is 0 Å². The summed E-state index contributed by atoms with van der Waals surface area (Å²) in [6.45, 7) is 1.12. The van der Waals surface area contributed by atoms with E-state index in [1.807, 2.05) is 0 Å². The molecular weight excluding hydrogens is 218 g/mol. The minimum absolute atomic E-state index is 0.0834. The molecule has 3 N–H and O–H groups in total. The van der Waals surface area contributed by atoms with E-state index in [9.17, 15) is 14.5 Å². The van der Waals surface area contributed by atoms with Crippen molar-refractivity contribution in [3.63, 3.8) is 0 Å². The van der Waals surface area contributed by atoms with Crippen molar-refractivity contribution in [3.05, 3.63) is 4.91 Å². The van der Waals surface area contributed by atoms with Gasteiger partial charge in [0.2, 0.25) is 5.91 Å². The number of nitroso groups, excluding NO2 is 1. The molecule has 7 heteroatoms. The maximum Gasteiger partial charge on any atom is 0.287 e. The lowest BCUT2D eigenvalue weighted by molar-refractivity contribution is -0.119. The number of carbonyl (C=O) groups excluding carboxylic acids is 2. The van der Waals surface area contributed by atoms with Crippen LogP contribution in [0.3, 0.4) is 0 Å². The molecule has 6 nitrogen and oxygen atoms in total. The van der Waals surface area contributed by atoms with Gasteiger partial charge in [0.1, 0.15) is 0 Å². The summed E-state index contributed by atoms with van der Waals surface area (Å²) in [6.07, 6.45) is 0.841. The number of carbonyl (C=O) groups is 2. The number of nitrogens with one attached hydrogen (secondary N) is 1. The summed E-state index contributed by atoms with van der Waals surface area (Å²) >= 11 is 1.30. The number of hydrogen-bond acceptors (Lipinski definition) is 5. The summed E-state index contributed by atoms with van der Waals surface area (Å²) in [5.41, 5.74) is 5.25. The molecule has 0 spiro atoms. The molecule has 0 aromatic carbocycles. The van der Waals surface area contributed by atoms with E-state index in [1.54, 1.807) is 0 Å². The maximum atomic E-state index is 11.1. The Hall–Kier alpha value is -0.950. The largest absolute Gasteiger partial charge is 0.355 e. The average Bonchev–Trinajstić information content (AvgIpc) is 2.24. The first kappa shape index (κ1) is 14.1. The number of nitrogens with zero attached hydrogens (tertiary/aromatic N) is 1. The van der Waals surface area contributed by atoms with Crippen molar-refractivity contribution in [2.24, 2.45) is 10.9 Å².